The Balaban J connectivity index is 0.000000731. The minimum atomic E-state index is -0.418. The molecule has 0 unspecified atom stereocenters. The van der Waals surface area contributed by atoms with Gasteiger partial charge < -0.3 is 70.9 Å². The van der Waals surface area contributed by atoms with Crippen molar-refractivity contribution in [2.24, 2.45) is 32.5 Å². The van der Waals surface area contributed by atoms with Gasteiger partial charge in [-0.1, -0.05) is 201 Å². The summed E-state index contributed by atoms with van der Waals surface area (Å²) < 4.78 is 5.12. The number of nitrogens with zero attached hydrogens (tertiary/aromatic N) is 7. The van der Waals surface area contributed by atoms with Gasteiger partial charge in [0, 0.05) is 156 Å². The fraction of sp³-hybridized carbons (Fsp3) is 0.640. The number of carbonyl (C=O) groups excluding carboxylic acids is 7. The van der Waals surface area contributed by atoms with Crippen molar-refractivity contribution < 1.29 is 38.3 Å². The normalized spacial score (nSPS) is 11.9. The summed E-state index contributed by atoms with van der Waals surface area (Å²) in [4.78, 5) is 102. The quantitative estimate of drug-likeness (QED) is 0.0233. The van der Waals surface area contributed by atoms with Crippen LogP contribution in [0.15, 0.2) is 97.1 Å². The Hall–Kier alpha value is -7.27. The van der Waals surface area contributed by atoms with Crippen LogP contribution in [0.3, 0.4) is 0 Å². The SMILES string of the molecule is CC(C)(C)CNCCN(CCNCC(C)(C)C)C(=O)c1ccc(CNC(=O)C(C)(C)C)cc1.CCN(CC)CCN(CCN(CC)CC)C(=O)c1ccc(CNC(=O)C(C)(C)C)cc1.CN(C)CCN(CCN(C)C)C(=O)c1ccc(CNC(=O)C(C)(C)C)cc1.COc1cccc(CNC(=O)C(C)(C)C)c1. The van der Waals surface area contributed by atoms with E-state index in [9.17, 15) is 33.6 Å². The van der Waals surface area contributed by atoms with Crippen LogP contribution in [0.1, 0.15) is 206 Å². The number of likely N-dealkylation sites (N-methyl/N-ethyl adjacent to an activating group) is 4. The lowest BCUT2D eigenvalue weighted by Crippen LogP contribution is -2.42. The number of hydrogen-bond acceptors (Lipinski definition) is 14. The van der Waals surface area contributed by atoms with Crippen LogP contribution in [0.4, 0.5) is 0 Å². The van der Waals surface area contributed by atoms with Gasteiger partial charge in [0.25, 0.3) is 17.7 Å². The van der Waals surface area contributed by atoms with Gasteiger partial charge in [0.15, 0.2) is 0 Å². The molecule has 4 rings (SSSR count). The molecule has 21 nitrogen and oxygen atoms in total. The van der Waals surface area contributed by atoms with E-state index in [1.165, 1.54) is 0 Å². The second-order valence-corrected chi connectivity index (χ2v) is 34.7. The zero-order valence-corrected chi connectivity index (χ0v) is 71.7. The molecule has 0 saturated carbocycles. The summed E-state index contributed by atoms with van der Waals surface area (Å²) in [5.41, 5.74) is 4.88. The predicted molar refractivity (Wildman–Crippen MR) is 443 cm³/mol. The Bertz CT molecular complexity index is 3170. The highest BCUT2D eigenvalue weighted by atomic mass is 16.5. The average Bonchev–Trinajstić information content (AvgIpc) is 0.861. The fourth-order valence-electron chi connectivity index (χ4n) is 9.96. The molecular formula is C86H147N13O8. The Labute approximate surface area is 648 Å². The maximum Gasteiger partial charge on any atom is 0.253 e. The summed E-state index contributed by atoms with van der Waals surface area (Å²) in [7, 11) is 9.67. The largest absolute Gasteiger partial charge is 0.497 e. The number of nitrogens with one attached hydrogen (secondary N) is 6. The lowest BCUT2D eigenvalue weighted by atomic mass is 9.95. The number of methoxy groups -OCH3 is 1. The Morgan fingerprint density at radius 1 is 0.336 bits per heavy atom. The highest BCUT2D eigenvalue weighted by Crippen LogP contribution is 2.20. The lowest BCUT2D eigenvalue weighted by Gasteiger charge is -2.29. The number of rotatable bonds is 36. The first-order valence-corrected chi connectivity index (χ1v) is 38.7. The van der Waals surface area contributed by atoms with Crippen molar-refractivity contribution in [2.75, 3.05) is 153 Å². The molecule has 7 amide bonds. The number of benzene rings is 4. The van der Waals surface area contributed by atoms with Gasteiger partial charge in [-0.25, -0.2) is 0 Å². The summed E-state index contributed by atoms with van der Waals surface area (Å²) in [5.74, 6) is 1.06. The van der Waals surface area contributed by atoms with Crippen molar-refractivity contribution in [1.29, 1.82) is 0 Å². The second kappa shape index (κ2) is 48.3. The van der Waals surface area contributed by atoms with Gasteiger partial charge in [-0.05, 0) is 136 Å². The third-order valence-corrected chi connectivity index (χ3v) is 17.4. The molecule has 0 saturated heterocycles. The minimum Gasteiger partial charge on any atom is -0.497 e. The maximum absolute atomic E-state index is 13.3. The second-order valence-electron chi connectivity index (χ2n) is 34.7. The molecule has 6 N–H and O–H groups in total. The van der Waals surface area contributed by atoms with E-state index in [0.29, 0.717) is 69.0 Å². The van der Waals surface area contributed by atoms with Crippen LogP contribution in [0.5, 0.6) is 5.75 Å². The van der Waals surface area contributed by atoms with Crippen LogP contribution in [0.2, 0.25) is 0 Å². The molecule has 4 aromatic rings. The molecule has 0 bridgehead atoms. The molecule has 0 fully saturated rings. The fourth-order valence-corrected chi connectivity index (χ4v) is 9.96. The average molecular weight is 1490 g/mol. The van der Waals surface area contributed by atoms with Crippen LogP contribution in [0, 0.1) is 32.5 Å². The van der Waals surface area contributed by atoms with E-state index >= 15 is 0 Å². The third-order valence-electron chi connectivity index (χ3n) is 17.4. The molecule has 0 aliphatic carbocycles. The lowest BCUT2D eigenvalue weighted by molar-refractivity contribution is -0.129. The standard InChI is InChI=1S/C27H48N4O2.C25H44N4O2.C21H36N4O2.C13H19NO2/c1-25(2,3)19-28-14-16-31(17-15-29-20-26(4,5)6)23(32)22-12-10-21(11-13-22)18-30-24(33)27(7,8)9;1-8-27(9-2)16-18-29(19-17-28(10-3)11-4)23(30)22-14-12-21(13-15-22)20-26-24(31)25(5,6)7;1-21(2,3)20(27)22-16-17-8-10-18(11-9-17)19(26)25(14-12-23(4)5)15-13-24(6)7;1-13(2,3)12(15)14-9-10-6-5-7-11(8-10)16-4/h10-13,28-29H,14-20H2,1-9H3,(H,30,33);12-15H,8-11,16-20H2,1-7H3,(H,26,31);8-11H,12-16H2,1-7H3,(H,22,27);5-8H,9H2,1-4H3,(H,14,15). The van der Waals surface area contributed by atoms with Crippen LogP contribution >= 0.6 is 0 Å². The van der Waals surface area contributed by atoms with Crippen molar-refractivity contribution in [2.45, 2.75) is 179 Å². The molecule has 0 atom stereocenters. The van der Waals surface area contributed by atoms with Crippen LogP contribution < -0.4 is 36.6 Å². The van der Waals surface area contributed by atoms with Gasteiger partial charge in [0.2, 0.25) is 23.6 Å². The molecule has 0 aliphatic heterocycles. The summed E-state index contributed by atoms with van der Waals surface area (Å²) in [6.45, 7) is 61.4. The number of ether oxygens (including phenoxy) is 1. The third kappa shape index (κ3) is 42.9. The first kappa shape index (κ1) is 97.7. The van der Waals surface area contributed by atoms with Crippen molar-refractivity contribution in [3.05, 3.63) is 136 Å². The molecule has 0 radical (unpaired) electrons. The van der Waals surface area contributed by atoms with E-state index in [2.05, 4.69) is 121 Å². The molecule has 604 valence electrons. The zero-order chi connectivity index (χ0) is 81.5. The molecule has 21 heteroatoms. The molecule has 0 aliphatic rings. The monoisotopic (exact) mass is 1490 g/mol. The summed E-state index contributed by atoms with van der Waals surface area (Å²) in [6, 6.07) is 30.4. The summed E-state index contributed by atoms with van der Waals surface area (Å²) >= 11 is 0. The zero-order valence-electron chi connectivity index (χ0n) is 71.7. The van der Waals surface area contributed by atoms with E-state index in [0.717, 1.165) is 120 Å². The Morgan fingerprint density at radius 2 is 0.598 bits per heavy atom. The molecule has 0 aromatic heterocycles. The van der Waals surface area contributed by atoms with Gasteiger partial charge >= 0.3 is 0 Å². The van der Waals surface area contributed by atoms with Crippen LogP contribution in [-0.2, 0) is 45.4 Å². The Morgan fingerprint density at radius 3 is 0.841 bits per heavy atom. The molecular weight excluding hydrogens is 1340 g/mol. The highest BCUT2D eigenvalue weighted by molar-refractivity contribution is 5.95. The molecule has 4 aromatic carbocycles. The van der Waals surface area contributed by atoms with E-state index in [4.69, 9.17) is 4.74 Å². The van der Waals surface area contributed by atoms with Crippen molar-refractivity contribution in [1.82, 2.24) is 66.2 Å². The van der Waals surface area contributed by atoms with E-state index in [1.807, 2.05) is 223 Å². The first-order chi connectivity index (χ1) is 49.7. The van der Waals surface area contributed by atoms with Crippen LogP contribution in [0.25, 0.3) is 0 Å². The van der Waals surface area contributed by atoms with Crippen molar-refractivity contribution in [3.8, 4) is 5.75 Å². The Kier molecular flexibility index (Phi) is 44.1. The summed E-state index contributed by atoms with van der Waals surface area (Å²) in [5, 5.41) is 18.7. The molecule has 107 heavy (non-hydrogen) atoms. The predicted octanol–water partition coefficient (Wildman–Crippen LogP) is 11.8. The number of hydrogen-bond donors (Lipinski definition) is 6. The van der Waals surface area contributed by atoms with Gasteiger partial charge in [-0.3, -0.25) is 33.6 Å². The first-order valence-electron chi connectivity index (χ1n) is 38.7. The summed E-state index contributed by atoms with van der Waals surface area (Å²) in [6.07, 6.45) is 0. The van der Waals surface area contributed by atoms with Crippen molar-refractivity contribution in [3.63, 3.8) is 0 Å². The van der Waals surface area contributed by atoms with Crippen molar-refractivity contribution >= 4 is 41.4 Å². The van der Waals surface area contributed by atoms with E-state index < -0.39 is 16.2 Å². The number of amides is 7. The van der Waals surface area contributed by atoms with Gasteiger partial charge in [-0.15, -0.1) is 0 Å². The molecule has 0 heterocycles. The van der Waals surface area contributed by atoms with E-state index in [1.54, 1.807) is 7.11 Å². The van der Waals surface area contributed by atoms with Crippen LogP contribution in [-0.4, -0.2) is 229 Å². The van der Waals surface area contributed by atoms with Gasteiger partial charge in [0.05, 0.1) is 7.11 Å². The highest BCUT2D eigenvalue weighted by Gasteiger charge is 2.26. The van der Waals surface area contributed by atoms with Gasteiger partial charge in [-0.2, -0.15) is 0 Å². The van der Waals surface area contributed by atoms with Gasteiger partial charge in [0.1, 0.15) is 5.75 Å². The van der Waals surface area contributed by atoms with E-state index in [-0.39, 0.29) is 57.6 Å². The number of carbonyl (C=O) groups is 7. The topological polar surface area (TPSA) is 224 Å². The smallest absolute Gasteiger partial charge is 0.253 e. The molecule has 0 spiro atoms. The minimum absolute atomic E-state index is 0.0133. The maximum atomic E-state index is 13.3.